The van der Waals surface area contributed by atoms with Crippen LogP contribution in [0.1, 0.15) is 30.9 Å². The number of fused-ring (bicyclic) bond motifs is 1. The minimum absolute atomic E-state index is 0.437. The normalized spacial score (nSPS) is 18.3. The molecule has 15 heavy (non-hydrogen) atoms. The van der Waals surface area contributed by atoms with E-state index in [2.05, 4.69) is 19.1 Å². The van der Waals surface area contributed by atoms with E-state index in [4.69, 9.17) is 9.47 Å². The zero-order valence-electron chi connectivity index (χ0n) is 9.41. The fraction of sp³-hybridized carbons (Fsp3) is 0.385. The molecule has 1 aliphatic rings. The van der Waals surface area contributed by atoms with Crippen molar-refractivity contribution in [2.24, 2.45) is 0 Å². The van der Waals surface area contributed by atoms with Gasteiger partial charge in [-0.1, -0.05) is 13.0 Å². The van der Waals surface area contributed by atoms with E-state index in [0.29, 0.717) is 12.5 Å². The summed E-state index contributed by atoms with van der Waals surface area (Å²) in [5.41, 5.74) is 2.49. The van der Waals surface area contributed by atoms with Crippen molar-refractivity contribution in [2.45, 2.75) is 19.8 Å². The molecule has 1 aromatic carbocycles. The van der Waals surface area contributed by atoms with Crippen LogP contribution in [-0.4, -0.2) is 13.7 Å². The van der Waals surface area contributed by atoms with E-state index in [-0.39, 0.29) is 0 Å². The Hall–Kier alpha value is -1.44. The van der Waals surface area contributed by atoms with Crippen LogP contribution in [0, 0.1) is 0 Å². The third-order valence-electron chi connectivity index (χ3n) is 2.72. The quantitative estimate of drug-likeness (QED) is 0.752. The van der Waals surface area contributed by atoms with Crippen LogP contribution in [0.2, 0.25) is 0 Å². The maximum Gasteiger partial charge on any atom is 0.123 e. The summed E-state index contributed by atoms with van der Waals surface area (Å²) >= 11 is 0. The van der Waals surface area contributed by atoms with Gasteiger partial charge in [0.05, 0.1) is 13.7 Å². The number of benzene rings is 1. The summed E-state index contributed by atoms with van der Waals surface area (Å²) in [4.78, 5) is 0. The fourth-order valence-corrected chi connectivity index (χ4v) is 1.96. The standard InChI is InChI=1S/C13H16O2/c1-4-15-13-7-9(2)11-6-5-10(14-3)8-12(11)13/h5-9H,4H2,1-3H3/t9-/m0/s1. The van der Waals surface area contributed by atoms with E-state index in [1.165, 1.54) is 11.1 Å². The van der Waals surface area contributed by atoms with Gasteiger partial charge in [-0.2, -0.15) is 0 Å². The molecule has 2 rings (SSSR count). The minimum atomic E-state index is 0.437. The molecule has 2 heteroatoms. The lowest BCUT2D eigenvalue weighted by Gasteiger charge is -2.09. The Kier molecular flexibility index (Phi) is 2.67. The average Bonchev–Trinajstić information content (AvgIpc) is 2.56. The lowest BCUT2D eigenvalue weighted by molar-refractivity contribution is 0.298. The molecular formula is C13H16O2. The van der Waals surface area contributed by atoms with Crippen LogP contribution in [0.25, 0.3) is 5.76 Å². The molecule has 0 amide bonds. The largest absolute Gasteiger partial charge is 0.497 e. The maximum atomic E-state index is 5.60. The van der Waals surface area contributed by atoms with Gasteiger partial charge in [0, 0.05) is 11.5 Å². The van der Waals surface area contributed by atoms with Crippen LogP contribution in [0.4, 0.5) is 0 Å². The minimum Gasteiger partial charge on any atom is -0.497 e. The van der Waals surface area contributed by atoms with E-state index in [1.54, 1.807) is 7.11 Å². The highest BCUT2D eigenvalue weighted by atomic mass is 16.5. The Balaban J connectivity index is 2.40. The summed E-state index contributed by atoms with van der Waals surface area (Å²) < 4.78 is 10.8. The Morgan fingerprint density at radius 2 is 2.13 bits per heavy atom. The fourth-order valence-electron chi connectivity index (χ4n) is 1.96. The zero-order valence-corrected chi connectivity index (χ0v) is 9.41. The first-order valence-electron chi connectivity index (χ1n) is 5.29. The zero-order chi connectivity index (χ0) is 10.8. The summed E-state index contributed by atoms with van der Waals surface area (Å²) in [6.07, 6.45) is 2.16. The lowest BCUT2D eigenvalue weighted by Crippen LogP contribution is -1.92. The number of ether oxygens (including phenoxy) is 2. The molecule has 0 aliphatic heterocycles. The van der Waals surface area contributed by atoms with Crippen LogP contribution >= 0.6 is 0 Å². The van der Waals surface area contributed by atoms with E-state index in [9.17, 15) is 0 Å². The lowest BCUT2D eigenvalue weighted by atomic mass is 10.0. The highest BCUT2D eigenvalue weighted by Gasteiger charge is 2.21. The highest BCUT2D eigenvalue weighted by Crippen LogP contribution is 2.37. The van der Waals surface area contributed by atoms with Crippen molar-refractivity contribution in [2.75, 3.05) is 13.7 Å². The van der Waals surface area contributed by atoms with Crippen molar-refractivity contribution < 1.29 is 9.47 Å². The van der Waals surface area contributed by atoms with Gasteiger partial charge in [-0.15, -0.1) is 0 Å². The van der Waals surface area contributed by atoms with Crippen LogP contribution < -0.4 is 4.74 Å². The van der Waals surface area contributed by atoms with Gasteiger partial charge < -0.3 is 9.47 Å². The maximum absolute atomic E-state index is 5.60. The molecule has 0 N–H and O–H groups in total. The molecule has 0 spiro atoms. The first kappa shape index (κ1) is 10.1. The van der Waals surface area contributed by atoms with E-state index < -0.39 is 0 Å². The molecule has 1 aliphatic carbocycles. The summed E-state index contributed by atoms with van der Waals surface area (Å²) in [5, 5.41) is 0. The molecule has 0 unspecified atom stereocenters. The van der Waals surface area contributed by atoms with Crippen LogP contribution in [-0.2, 0) is 4.74 Å². The summed E-state index contributed by atoms with van der Waals surface area (Å²) in [6.45, 7) is 4.89. The van der Waals surface area contributed by atoms with Gasteiger partial charge >= 0.3 is 0 Å². The van der Waals surface area contributed by atoms with E-state index >= 15 is 0 Å². The molecule has 0 bridgehead atoms. The molecule has 0 aromatic heterocycles. The van der Waals surface area contributed by atoms with Gasteiger partial charge in [-0.25, -0.2) is 0 Å². The van der Waals surface area contributed by atoms with Gasteiger partial charge in [0.1, 0.15) is 11.5 Å². The highest BCUT2D eigenvalue weighted by molar-refractivity contribution is 5.71. The Labute approximate surface area is 90.5 Å². The molecule has 0 heterocycles. The van der Waals surface area contributed by atoms with Gasteiger partial charge in [0.15, 0.2) is 0 Å². The van der Waals surface area contributed by atoms with Crippen LogP contribution in [0.3, 0.4) is 0 Å². The van der Waals surface area contributed by atoms with Crippen molar-refractivity contribution in [3.63, 3.8) is 0 Å². The summed E-state index contributed by atoms with van der Waals surface area (Å²) in [7, 11) is 1.68. The monoisotopic (exact) mass is 204 g/mol. The Morgan fingerprint density at radius 3 is 2.80 bits per heavy atom. The number of allylic oxidation sites excluding steroid dienone is 1. The molecular weight excluding hydrogens is 188 g/mol. The van der Waals surface area contributed by atoms with Crippen molar-refractivity contribution in [1.82, 2.24) is 0 Å². The molecule has 0 fully saturated rings. The van der Waals surface area contributed by atoms with Crippen molar-refractivity contribution in [3.05, 3.63) is 35.4 Å². The molecule has 0 saturated carbocycles. The topological polar surface area (TPSA) is 18.5 Å². The number of hydrogen-bond donors (Lipinski definition) is 0. The number of hydrogen-bond acceptors (Lipinski definition) is 2. The third-order valence-corrected chi connectivity index (χ3v) is 2.72. The molecule has 0 saturated heterocycles. The first-order valence-corrected chi connectivity index (χ1v) is 5.29. The smallest absolute Gasteiger partial charge is 0.123 e. The number of methoxy groups -OCH3 is 1. The Morgan fingerprint density at radius 1 is 1.33 bits per heavy atom. The van der Waals surface area contributed by atoms with Crippen LogP contribution in [0.5, 0.6) is 5.75 Å². The van der Waals surface area contributed by atoms with Crippen molar-refractivity contribution in [3.8, 4) is 5.75 Å². The van der Waals surface area contributed by atoms with E-state index in [0.717, 1.165) is 11.5 Å². The second kappa shape index (κ2) is 3.97. The molecule has 80 valence electrons. The van der Waals surface area contributed by atoms with Gasteiger partial charge in [-0.3, -0.25) is 0 Å². The van der Waals surface area contributed by atoms with Crippen LogP contribution in [0.15, 0.2) is 24.3 Å². The second-order valence-corrected chi connectivity index (χ2v) is 3.71. The molecule has 0 radical (unpaired) electrons. The second-order valence-electron chi connectivity index (χ2n) is 3.71. The first-order chi connectivity index (χ1) is 7.26. The van der Waals surface area contributed by atoms with Gasteiger partial charge in [0.25, 0.3) is 0 Å². The third kappa shape index (κ3) is 1.72. The summed E-state index contributed by atoms with van der Waals surface area (Å²) in [6, 6.07) is 6.15. The predicted molar refractivity (Wildman–Crippen MR) is 61.0 cm³/mol. The average molecular weight is 204 g/mol. The van der Waals surface area contributed by atoms with Gasteiger partial charge in [-0.05, 0) is 30.7 Å². The van der Waals surface area contributed by atoms with Gasteiger partial charge in [0.2, 0.25) is 0 Å². The van der Waals surface area contributed by atoms with Crippen molar-refractivity contribution >= 4 is 5.76 Å². The predicted octanol–water partition coefficient (Wildman–Crippen LogP) is 3.19. The summed E-state index contributed by atoms with van der Waals surface area (Å²) in [5.74, 6) is 2.31. The molecule has 1 atom stereocenters. The van der Waals surface area contributed by atoms with E-state index in [1.807, 2.05) is 19.1 Å². The molecule has 2 nitrogen and oxygen atoms in total. The SMILES string of the molecule is CCOC1=C[C@H](C)c2ccc(OC)cc21. The molecule has 1 aromatic rings. The number of rotatable bonds is 3. The Bertz CT molecular complexity index is 394. The van der Waals surface area contributed by atoms with Crippen molar-refractivity contribution in [1.29, 1.82) is 0 Å².